The van der Waals surface area contributed by atoms with Gasteiger partial charge in [0.1, 0.15) is 4.75 Å². The van der Waals surface area contributed by atoms with Gasteiger partial charge in [0, 0.05) is 5.25 Å². The fraction of sp³-hybridized carbons (Fsp3) is 0.909. The second-order valence-corrected chi connectivity index (χ2v) is 5.78. The van der Waals surface area contributed by atoms with E-state index in [9.17, 15) is 4.79 Å². The normalized spacial score (nSPS) is 21.1. The van der Waals surface area contributed by atoms with Crippen LogP contribution in [0.3, 0.4) is 0 Å². The molecule has 1 unspecified atom stereocenters. The maximum atomic E-state index is 11.7. The molecule has 0 aromatic carbocycles. The Balaban J connectivity index is 2.49. The van der Waals surface area contributed by atoms with Crippen molar-refractivity contribution >= 4 is 17.7 Å². The van der Waals surface area contributed by atoms with E-state index in [1.165, 1.54) is 19.3 Å². The van der Waals surface area contributed by atoms with E-state index in [0.717, 1.165) is 6.42 Å². The molecule has 0 N–H and O–H groups in total. The van der Waals surface area contributed by atoms with Crippen LogP contribution >= 0.6 is 11.8 Å². The molecule has 0 amide bonds. The van der Waals surface area contributed by atoms with E-state index in [1.807, 2.05) is 25.6 Å². The summed E-state index contributed by atoms with van der Waals surface area (Å²) in [6, 6.07) is 0. The van der Waals surface area contributed by atoms with Crippen molar-refractivity contribution in [2.45, 2.75) is 56.5 Å². The molecule has 0 saturated heterocycles. The molecule has 0 heterocycles. The summed E-state index contributed by atoms with van der Waals surface area (Å²) in [5.41, 5.74) is 0. The Bertz CT molecular complexity index is 201. The van der Waals surface area contributed by atoms with Crippen LogP contribution in [0, 0.1) is 0 Å². The van der Waals surface area contributed by atoms with Gasteiger partial charge in [0.05, 0.1) is 6.61 Å². The quantitative estimate of drug-likeness (QED) is 0.661. The van der Waals surface area contributed by atoms with Crippen LogP contribution < -0.4 is 0 Å². The molecule has 0 bridgehead atoms. The number of carbonyl (C=O) groups excluding carboxylic acids is 1. The molecular weight excluding hydrogens is 196 g/mol. The summed E-state index contributed by atoms with van der Waals surface area (Å²) in [5, 5.41) is 0.685. The van der Waals surface area contributed by atoms with E-state index in [-0.39, 0.29) is 10.7 Å². The molecule has 82 valence electrons. The highest BCUT2D eigenvalue weighted by Crippen LogP contribution is 2.41. The SMILES string of the molecule is CCOC(=O)C(C)(CC)SC1CCC1. The first-order chi connectivity index (χ1) is 6.62. The summed E-state index contributed by atoms with van der Waals surface area (Å²) in [4.78, 5) is 11.7. The highest BCUT2D eigenvalue weighted by molar-refractivity contribution is 8.02. The predicted octanol–water partition coefficient (Wildman–Crippen LogP) is 3.00. The van der Waals surface area contributed by atoms with Crippen molar-refractivity contribution in [1.82, 2.24) is 0 Å². The van der Waals surface area contributed by atoms with Gasteiger partial charge in [0.15, 0.2) is 0 Å². The zero-order valence-electron chi connectivity index (χ0n) is 9.34. The van der Waals surface area contributed by atoms with E-state index in [2.05, 4.69) is 6.92 Å². The summed E-state index contributed by atoms with van der Waals surface area (Å²) >= 11 is 1.81. The zero-order valence-corrected chi connectivity index (χ0v) is 10.2. The first kappa shape index (κ1) is 11.9. The van der Waals surface area contributed by atoms with Crippen LogP contribution in [0.1, 0.15) is 46.5 Å². The second-order valence-electron chi connectivity index (χ2n) is 3.98. The smallest absolute Gasteiger partial charge is 0.321 e. The van der Waals surface area contributed by atoms with Gasteiger partial charge >= 0.3 is 5.97 Å². The highest BCUT2D eigenvalue weighted by Gasteiger charge is 2.37. The third kappa shape index (κ3) is 2.66. The lowest BCUT2D eigenvalue weighted by Gasteiger charge is -2.34. The Kier molecular flexibility index (Phi) is 4.30. The van der Waals surface area contributed by atoms with Gasteiger partial charge < -0.3 is 4.74 Å². The minimum Gasteiger partial charge on any atom is -0.465 e. The molecule has 1 aliphatic carbocycles. The van der Waals surface area contributed by atoms with Gasteiger partial charge in [0.2, 0.25) is 0 Å². The van der Waals surface area contributed by atoms with Crippen molar-refractivity contribution in [2.24, 2.45) is 0 Å². The van der Waals surface area contributed by atoms with Gasteiger partial charge in [-0.15, -0.1) is 11.8 Å². The number of ether oxygens (including phenoxy) is 1. The molecule has 0 aromatic rings. The van der Waals surface area contributed by atoms with E-state index in [0.29, 0.717) is 11.9 Å². The van der Waals surface area contributed by atoms with E-state index in [4.69, 9.17) is 4.74 Å². The second kappa shape index (κ2) is 5.06. The molecule has 1 atom stereocenters. The van der Waals surface area contributed by atoms with Crippen molar-refractivity contribution in [3.8, 4) is 0 Å². The Morgan fingerprint density at radius 2 is 2.14 bits per heavy atom. The summed E-state index contributed by atoms with van der Waals surface area (Å²) in [7, 11) is 0. The van der Waals surface area contributed by atoms with E-state index in [1.54, 1.807) is 0 Å². The lowest BCUT2D eigenvalue weighted by Crippen LogP contribution is -2.36. The fourth-order valence-corrected chi connectivity index (χ4v) is 3.04. The van der Waals surface area contributed by atoms with E-state index >= 15 is 0 Å². The molecule has 0 radical (unpaired) electrons. The van der Waals surface area contributed by atoms with Gasteiger partial charge in [-0.2, -0.15) is 0 Å². The highest BCUT2D eigenvalue weighted by atomic mass is 32.2. The average Bonchev–Trinajstić information content (AvgIpc) is 2.11. The molecule has 1 aliphatic rings. The third-order valence-corrected chi connectivity index (χ3v) is 4.64. The van der Waals surface area contributed by atoms with Crippen LogP contribution in [0.15, 0.2) is 0 Å². The zero-order chi connectivity index (χ0) is 10.6. The van der Waals surface area contributed by atoms with E-state index < -0.39 is 0 Å². The maximum Gasteiger partial charge on any atom is 0.321 e. The number of hydrogen-bond acceptors (Lipinski definition) is 3. The fourth-order valence-electron chi connectivity index (χ4n) is 1.42. The van der Waals surface area contributed by atoms with Gasteiger partial charge in [0.25, 0.3) is 0 Å². The summed E-state index contributed by atoms with van der Waals surface area (Å²) in [5.74, 6) is -0.0422. The minimum atomic E-state index is -0.318. The van der Waals surface area contributed by atoms with Gasteiger partial charge in [-0.3, -0.25) is 4.79 Å². The molecule has 0 spiro atoms. The van der Waals surface area contributed by atoms with Crippen LogP contribution in [0.25, 0.3) is 0 Å². The van der Waals surface area contributed by atoms with Crippen molar-refractivity contribution in [2.75, 3.05) is 6.61 Å². The molecule has 2 nitrogen and oxygen atoms in total. The van der Waals surface area contributed by atoms with Crippen LogP contribution in [-0.4, -0.2) is 22.6 Å². The first-order valence-corrected chi connectivity index (χ1v) is 6.35. The largest absolute Gasteiger partial charge is 0.465 e. The number of thioether (sulfide) groups is 1. The lowest BCUT2D eigenvalue weighted by molar-refractivity contribution is -0.145. The minimum absolute atomic E-state index is 0.0422. The molecule has 0 aromatic heterocycles. The summed E-state index contributed by atoms with van der Waals surface area (Å²) in [6.45, 7) is 6.41. The molecule has 3 heteroatoms. The number of rotatable bonds is 5. The molecule has 1 fully saturated rings. The Hall–Kier alpha value is -0.180. The van der Waals surface area contributed by atoms with Crippen LogP contribution in [0.5, 0.6) is 0 Å². The van der Waals surface area contributed by atoms with Gasteiger partial charge in [-0.05, 0) is 33.1 Å². The standard InChI is InChI=1S/C11H20O2S/c1-4-11(3,10(12)13-5-2)14-9-7-6-8-9/h9H,4-8H2,1-3H3. The van der Waals surface area contributed by atoms with Crippen molar-refractivity contribution in [3.63, 3.8) is 0 Å². The first-order valence-electron chi connectivity index (χ1n) is 5.47. The Morgan fingerprint density at radius 3 is 2.50 bits per heavy atom. The molecular formula is C11H20O2S. The monoisotopic (exact) mass is 216 g/mol. The van der Waals surface area contributed by atoms with Crippen molar-refractivity contribution in [3.05, 3.63) is 0 Å². The summed E-state index contributed by atoms with van der Waals surface area (Å²) < 4.78 is 4.79. The topological polar surface area (TPSA) is 26.3 Å². The van der Waals surface area contributed by atoms with Crippen LogP contribution in [-0.2, 0) is 9.53 Å². The third-order valence-electron chi connectivity index (χ3n) is 2.86. The molecule has 14 heavy (non-hydrogen) atoms. The number of esters is 1. The van der Waals surface area contributed by atoms with Crippen molar-refractivity contribution in [1.29, 1.82) is 0 Å². The van der Waals surface area contributed by atoms with Gasteiger partial charge in [-0.1, -0.05) is 13.3 Å². The van der Waals surface area contributed by atoms with Crippen LogP contribution in [0.2, 0.25) is 0 Å². The number of carbonyl (C=O) groups is 1. The predicted molar refractivity (Wildman–Crippen MR) is 60.6 cm³/mol. The summed E-state index contributed by atoms with van der Waals surface area (Å²) in [6.07, 6.45) is 4.70. The maximum absolute atomic E-state index is 11.7. The van der Waals surface area contributed by atoms with Crippen molar-refractivity contribution < 1.29 is 9.53 Å². The molecule has 1 saturated carbocycles. The van der Waals surface area contributed by atoms with Crippen LogP contribution in [0.4, 0.5) is 0 Å². The lowest BCUT2D eigenvalue weighted by atomic mass is 10.00. The average molecular weight is 216 g/mol. The Morgan fingerprint density at radius 1 is 1.50 bits per heavy atom. The molecule has 0 aliphatic heterocycles. The number of hydrogen-bond donors (Lipinski definition) is 0. The molecule has 1 rings (SSSR count). The Labute approximate surface area is 90.8 Å². The van der Waals surface area contributed by atoms with Gasteiger partial charge in [-0.25, -0.2) is 0 Å².